The molecule has 0 radical (unpaired) electrons. The zero-order valence-electron chi connectivity index (χ0n) is 12.3. The summed E-state index contributed by atoms with van der Waals surface area (Å²) in [5.41, 5.74) is 4.19. The number of rotatable bonds is 5. The molecule has 20 heavy (non-hydrogen) atoms. The summed E-state index contributed by atoms with van der Waals surface area (Å²) in [6.07, 6.45) is 0.946. The standard InChI is InChI=1S/C16H21N3O/c1-4-17-10-9-15-11(2)18-16(19-12(15)3)13-5-7-14(20)8-6-13/h5-8,17,20H,4,9-10H2,1-3H3. The topological polar surface area (TPSA) is 58.0 Å². The third-order valence-corrected chi connectivity index (χ3v) is 3.35. The van der Waals surface area contributed by atoms with Crippen molar-refractivity contribution in [2.24, 2.45) is 0 Å². The van der Waals surface area contributed by atoms with Crippen LogP contribution in [0.5, 0.6) is 5.75 Å². The van der Waals surface area contributed by atoms with Gasteiger partial charge in [-0.05, 0) is 63.2 Å². The first kappa shape index (κ1) is 14.5. The van der Waals surface area contributed by atoms with Gasteiger partial charge in [-0.25, -0.2) is 9.97 Å². The van der Waals surface area contributed by atoms with E-state index >= 15 is 0 Å². The SMILES string of the molecule is CCNCCc1c(C)nc(-c2ccc(O)cc2)nc1C. The van der Waals surface area contributed by atoms with Gasteiger partial charge in [0.1, 0.15) is 5.75 Å². The molecule has 2 N–H and O–H groups in total. The van der Waals surface area contributed by atoms with Crippen LogP contribution in [0.25, 0.3) is 11.4 Å². The van der Waals surface area contributed by atoms with E-state index in [0.29, 0.717) is 5.82 Å². The average molecular weight is 271 g/mol. The van der Waals surface area contributed by atoms with E-state index in [1.165, 1.54) is 5.56 Å². The molecule has 1 heterocycles. The molecule has 1 aromatic carbocycles. The summed E-state index contributed by atoms with van der Waals surface area (Å²) in [4.78, 5) is 9.18. The van der Waals surface area contributed by atoms with Crippen molar-refractivity contribution in [3.63, 3.8) is 0 Å². The Morgan fingerprint density at radius 2 is 1.65 bits per heavy atom. The lowest BCUT2D eigenvalue weighted by Gasteiger charge is -2.11. The Morgan fingerprint density at radius 1 is 1.05 bits per heavy atom. The lowest BCUT2D eigenvalue weighted by atomic mass is 10.1. The van der Waals surface area contributed by atoms with Gasteiger partial charge < -0.3 is 10.4 Å². The van der Waals surface area contributed by atoms with Crippen LogP contribution in [0.15, 0.2) is 24.3 Å². The maximum Gasteiger partial charge on any atom is 0.159 e. The molecule has 4 heteroatoms. The molecule has 0 amide bonds. The highest BCUT2D eigenvalue weighted by molar-refractivity contribution is 5.57. The molecule has 0 aliphatic rings. The molecule has 2 rings (SSSR count). The van der Waals surface area contributed by atoms with Gasteiger partial charge >= 0.3 is 0 Å². The normalized spacial score (nSPS) is 10.8. The summed E-state index contributed by atoms with van der Waals surface area (Å²) in [5, 5.41) is 12.6. The quantitative estimate of drug-likeness (QED) is 0.821. The first-order valence-electron chi connectivity index (χ1n) is 6.96. The second-order valence-electron chi connectivity index (χ2n) is 4.85. The van der Waals surface area contributed by atoms with E-state index in [1.807, 2.05) is 26.0 Å². The molecule has 1 aromatic heterocycles. The maximum absolute atomic E-state index is 9.33. The van der Waals surface area contributed by atoms with Crippen molar-refractivity contribution in [3.05, 3.63) is 41.2 Å². The fraction of sp³-hybridized carbons (Fsp3) is 0.375. The second kappa shape index (κ2) is 6.48. The first-order valence-corrected chi connectivity index (χ1v) is 6.96. The van der Waals surface area contributed by atoms with E-state index in [9.17, 15) is 5.11 Å². The smallest absolute Gasteiger partial charge is 0.159 e. The molecular formula is C16H21N3O. The van der Waals surface area contributed by atoms with E-state index in [-0.39, 0.29) is 5.75 Å². The molecule has 0 unspecified atom stereocenters. The molecule has 0 saturated heterocycles. The van der Waals surface area contributed by atoms with E-state index in [2.05, 4.69) is 22.2 Å². The van der Waals surface area contributed by atoms with Gasteiger partial charge in [-0.1, -0.05) is 6.92 Å². The van der Waals surface area contributed by atoms with Gasteiger partial charge in [0.15, 0.2) is 5.82 Å². The predicted molar refractivity (Wildman–Crippen MR) is 80.9 cm³/mol. The summed E-state index contributed by atoms with van der Waals surface area (Å²) in [7, 11) is 0. The molecule has 0 saturated carbocycles. The fourth-order valence-electron chi connectivity index (χ4n) is 2.23. The van der Waals surface area contributed by atoms with Gasteiger partial charge in [-0.3, -0.25) is 0 Å². The summed E-state index contributed by atoms with van der Waals surface area (Å²) in [5.74, 6) is 0.969. The molecular weight excluding hydrogens is 250 g/mol. The number of benzene rings is 1. The van der Waals surface area contributed by atoms with Gasteiger partial charge in [-0.15, -0.1) is 0 Å². The molecule has 4 nitrogen and oxygen atoms in total. The Bertz CT molecular complexity index is 556. The minimum atomic E-state index is 0.254. The zero-order valence-corrected chi connectivity index (χ0v) is 12.3. The van der Waals surface area contributed by atoms with Gasteiger partial charge in [0.2, 0.25) is 0 Å². The third kappa shape index (κ3) is 3.33. The lowest BCUT2D eigenvalue weighted by Crippen LogP contribution is -2.17. The largest absolute Gasteiger partial charge is 0.508 e. The van der Waals surface area contributed by atoms with E-state index in [1.54, 1.807) is 12.1 Å². The van der Waals surface area contributed by atoms with Crippen molar-refractivity contribution >= 4 is 0 Å². The lowest BCUT2D eigenvalue weighted by molar-refractivity contribution is 0.475. The van der Waals surface area contributed by atoms with Crippen molar-refractivity contribution in [2.45, 2.75) is 27.2 Å². The molecule has 0 atom stereocenters. The number of phenols is 1. The van der Waals surface area contributed by atoms with E-state index in [0.717, 1.165) is 36.5 Å². The number of nitrogens with zero attached hydrogens (tertiary/aromatic N) is 2. The second-order valence-corrected chi connectivity index (χ2v) is 4.85. The summed E-state index contributed by atoms with van der Waals surface area (Å²) in [6, 6.07) is 6.98. The minimum absolute atomic E-state index is 0.254. The predicted octanol–water partition coefficient (Wildman–Crippen LogP) is 2.62. The van der Waals surface area contributed by atoms with E-state index in [4.69, 9.17) is 0 Å². The number of aromatic nitrogens is 2. The van der Waals surface area contributed by atoms with Gasteiger partial charge in [0.05, 0.1) is 0 Å². The maximum atomic E-state index is 9.33. The molecule has 0 aliphatic carbocycles. The van der Waals surface area contributed by atoms with Crippen LogP contribution in [0.3, 0.4) is 0 Å². The summed E-state index contributed by atoms with van der Waals surface area (Å²) >= 11 is 0. The number of likely N-dealkylation sites (N-methyl/N-ethyl adjacent to an activating group) is 1. The highest BCUT2D eigenvalue weighted by Gasteiger charge is 2.09. The van der Waals surface area contributed by atoms with Crippen molar-refractivity contribution in [1.82, 2.24) is 15.3 Å². The fourth-order valence-corrected chi connectivity index (χ4v) is 2.23. The van der Waals surface area contributed by atoms with Crippen LogP contribution < -0.4 is 5.32 Å². The Morgan fingerprint density at radius 3 is 2.20 bits per heavy atom. The van der Waals surface area contributed by atoms with Crippen molar-refractivity contribution in [2.75, 3.05) is 13.1 Å². The highest BCUT2D eigenvalue weighted by Crippen LogP contribution is 2.21. The van der Waals surface area contributed by atoms with Crippen LogP contribution >= 0.6 is 0 Å². The number of phenolic OH excluding ortho intramolecular Hbond substituents is 1. The highest BCUT2D eigenvalue weighted by atomic mass is 16.3. The molecule has 0 spiro atoms. The Balaban J connectivity index is 2.27. The van der Waals surface area contributed by atoms with Crippen LogP contribution in [0.4, 0.5) is 0 Å². The Kier molecular flexibility index (Phi) is 4.69. The summed E-state index contributed by atoms with van der Waals surface area (Å²) < 4.78 is 0. The van der Waals surface area contributed by atoms with Crippen LogP contribution in [0.1, 0.15) is 23.9 Å². The molecule has 2 aromatic rings. The summed E-state index contributed by atoms with van der Waals surface area (Å²) in [6.45, 7) is 8.08. The average Bonchev–Trinajstić information content (AvgIpc) is 2.42. The Hall–Kier alpha value is -1.94. The third-order valence-electron chi connectivity index (χ3n) is 3.35. The van der Waals surface area contributed by atoms with Crippen LogP contribution in [-0.4, -0.2) is 28.2 Å². The molecule has 106 valence electrons. The zero-order chi connectivity index (χ0) is 14.5. The van der Waals surface area contributed by atoms with Crippen LogP contribution in [0.2, 0.25) is 0 Å². The molecule has 0 fully saturated rings. The number of hydrogen-bond donors (Lipinski definition) is 2. The van der Waals surface area contributed by atoms with Gasteiger partial charge in [-0.2, -0.15) is 0 Å². The number of aromatic hydroxyl groups is 1. The van der Waals surface area contributed by atoms with Crippen molar-refractivity contribution in [1.29, 1.82) is 0 Å². The molecule has 0 aliphatic heterocycles. The minimum Gasteiger partial charge on any atom is -0.508 e. The Labute approximate surface area is 119 Å². The number of aryl methyl sites for hydroxylation is 2. The first-order chi connectivity index (χ1) is 9.61. The van der Waals surface area contributed by atoms with Gasteiger partial charge in [0.25, 0.3) is 0 Å². The van der Waals surface area contributed by atoms with E-state index < -0.39 is 0 Å². The monoisotopic (exact) mass is 271 g/mol. The van der Waals surface area contributed by atoms with Crippen LogP contribution in [0, 0.1) is 13.8 Å². The molecule has 0 bridgehead atoms. The number of nitrogens with one attached hydrogen (secondary N) is 1. The van der Waals surface area contributed by atoms with Crippen molar-refractivity contribution < 1.29 is 5.11 Å². The number of hydrogen-bond acceptors (Lipinski definition) is 4. The van der Waals surface area contributed by atoms with Gasteiger partial charge in [0, 0.05) is 17.0 Å². The van der Waals surface area contributed by atoms with Crippen molar-refractivity contribution in [3.8, 4) is 17.1 Å². The van der Waals surface area contributed by atoms with Crippen LogP contribution in [-0.2, 0) is 6.42 Å².